The molecule has 4 N–H and O–H groups in total. The van der Waals surface area contributed by atoms with Crippen LogP contribution in [0.5, 0.6) is 11.5 Å². The van der Waals surface area contributed by atoms with Crippen LogP contribution in [0.25, 0.3) is 0 Å². The van der Waals surface area contributed by atoms with Gasteiger partial charge in [0.25, 0.3) is 0 Å². The van der Waals surface area contributed by atoms with Crippen LogP contribution in [0.2, 0.25) is 0 Å². The minimum atomic E-state index is -1.35. The van der Waals surface area contributed by atoms with Crippen LogP contribution in [-0.2, 0) is 10.5 Å². The third-order valence-corrected chi connectivity index (χ3v) is 4.92. The van der Waals surface area contributed by atoms with Gasteiger partial charge in [0.15, 0.2) is 11.5 Å². The van der Waals surface area contributed by atoms with E-state index in [0.29, 0.717) is 17.3 Å². The zero-order valence-corrected chi connectivity index (χ0v) is 12.5. The first-order valence-electron chi connectivity index (χ1n) is 6.91. The fourth-order valence-electron chi connectivity index (χ4n) is 2.41. The molecule has 0 aromatic heterocycles. The van der Waals surface area contributed by atoms with Gasteiger partial charge in [-0.3, -0.25) is 0 Å². The van der Waals surface area contributed by atoms with Gasteiger partial charge < -0.3 is 34.6 Å². The van der Waals surface area contributed by atoms with E-state index in [-0.39, 0.29) is 6.79 Å². The normalized spacial score (nSPS) is 33.9. The standard InChI is InChI=1S/C14H18O7S/c15-4-10-11(16)12(17)13(18)14(21-10)22-5-7-1-2-8-9(3-7)20-6-19-8/h1-3,10-18H,4-6H2/t10-,11-,12+,13-,14+/m1/s1. The van der Waals surface area contributed by atoms with E-state index in [0.717, 1.165) is 5.56 Å². The van der Waals surface area contributed by atoms with Crippen molar-refractivity contribution in [1.29, 1.82) is 0 Å². The second-order valence-corrected chi connectivity index (χ2v) is 6.28. The first kappa shape index (κ1) is 15.9. The molecule has 7 nitrogen and oxygen atoms in total. The monoisotopic (exact) mass is 330 g/mol. The summed E-state index contributed by atoms with van der Waals surface area (Å²) in [5.74, 6) is 1.88. The molecule has 122 valence electrons. The van der Waals surface area contributed by atoms with Crippen LogP contribution >= 0.6 is 11.8 Å². The molecule has 1 aromatic carbocycles. The predicted octanol–water partition coefficient (Wildman–Crippen LogP) is -0.552. The van der Waals surface area contributed by atoms with Gasteiger partial charge in [-0.2, -0.15) is 0 Å². The second-order valence-electron chi connectivity index (χ2n) is 5.20. The van der Waals surface area contributed by atoms with Gasteiger partial charge in [-0.05, 0) is 17.7 Å². The molecule has 0 amide bonds. The van der Waals surface area contributed by atoms with Crippen molar-refractivity contribution >= 4 is 11.8 Å². The SMILES string of the molecule is OC[C@H]1O[C@@H](SCc2ccc3c(c2)OCO3)[C@H](O)[C@@H](O)[C@@H]1O. The minimum absolute atomic E-state index is 0.207. The Hall–Kier alpha value is -1.03. The van der Waals surface area contributed by atoms with Gasteiger partial charge in [-0.25, -0.2) is 0 Å². The smallest absolute Gasteiger partial charge is 0.231 e. The third-order valence-electron chi connectivity index (χ3n) is 3.70. The maximum absolute atomic E-state index is 9.97. The fourth-order valence-corrected chi connectivity index (χ4v) is 3.53. The number of ether oxygens (including phenoxy) is 3. The molecule has 1 saturated heterocycles. The molecular weight excluding hydrogens is 312 g/mol. The Kier molecular flexibility index (Phi) is 4.76. The van der Waals surface area contributed by atoms with E-state index in [1.807, 2.05) is 18.2 Å². The number of fused-ring (bicyclic) bond motifs is 1. The van der Waals surface area contributed by atoms with Gasteiger partial charge >= 0.3 is 0 Å². The van der Waals surface area contributed by atoms with Crippen molar-refractivity contribution in [2.75, 3.05) is 13.4 Å². The maximum atomic E-state index is 9.97. The molecule has 2 aliphatic heterocycles. The number of hydrogen-bond acceptors (Lipinski definition) is 8. The molecule has 3 rings (SSSR count). The number of aliphatic hydroxyl groups is 4. The lowest BCUT2D eigenvalue weighted by molar-refractivity contribution is -0.205. The molecule has 0 saturated carbocycles. The predicted molar refractivity (Wildman–Crippen MR) is 77.6 cm³/mol. The Bertz CT molecular complexity index is 524. The highest BCUT2D eigenvalue weighted by atomic mass is 32.2. The highest BCUT2D eigenvalue weighted by molar-refractivity contribution is 7.99. The van der Waals surface area contributed by atoms with Gasteiger partial charge in [0.2, 0.25) is 6.79 Å². The van der Waals surface area contributed by atoms with Crippen LogP contribution in [0.3, 0.4) is 0 Å². The first-order valence-corrected chi connectivity index (χ1v) is 7.95. The van der Waals surface area contributed by atoms with Crippen LogP contribution in [0.1, 0.15) is 5.56 Å². The van der Waals surface area contributed by atoms with Gasteiger partial charge in [0, 0.05) is 5.75 Å². The molecule has 5 atom stereocenters. The maximum Gasteiger partial charge on any atom is 0.231 e. The van der Waals surface area contributed by atoms with E-state index in [1.54, 1.807) is 0 Å². The molecule has 0 radical (unpaired) electrons. The average molecular weight is 330 g/mol. The summed E-state index contributed by atoms with van der Waals surface area (Å²) < 4.78 is 16.0. The van der Waals surface area contributed by atoms with Crippen molar-refractivity contribution in [3.05, 3.63) is 23.8 Å². The van der Waals surface area contributed by atoms with E-state index in [1.165, 1.54) is 11.8 Å². The lowest BCUT2D eigenvalue weighted by atomic mass is 10.0. The van der Waals surface area contributed by atoms with Gasteiger partial charge in [-0.1, -0.05) is 6.07 Å². The zero-order chi connectivity index (χ0) is 15.7. The molecule has 8 heteroatoms. The summed E-state index contributed by atoms with van der Waals surface area (Å²) in [5, 5.41) is 38.6. The van der Waals surface area contributed by atoms with Crippen LogP contribution < -0.4 is 9.47 Å². The summed E-state index contributed by atoms with van der Waals surface area (Å²) in [4.78, 5) is 0. The lowest BCUT2D eigenvalue weighted by Crippen LogP contribution is -2.57. The van der Waals surface area contributed by atoms with E-state index in [4.69, 9.17) is 19.3 Å². The van der Waals surface area contributed by atoms with Crippen molar-refractivity contribution < 1.29 is 34.6 Å². The number of aliphatic hydroxyl groups excluding tert-OH is 4. The summed E-state index contributed by atoms with van der Waals surface area (Å²) in [6, 6.07) is 5.54. The Balaban J connectivity index is 1.63. The molecule has 0 bridgehead atoms. The van der Waals surface area contributed by atoms with Crippen molar-refractivity contribution in [1.82, 2.24) is 0 Å². The summed E-state index contributed by atoms with van der Waals surface area (Å²) in [6.07, 6.45) is -4.79. The Morgan fingerprint density at radius 2 is 1.82 bits per heavy atom. The summed E-state index contributed by atoms with van der Waals surface area (Å²) in [7, 11) is 0. The molecule has 0 spiro atoms. The Labute approximate surface area is 131 Å². The molecular formula is C14H18O7S. The van der Waals surface area contributed by atoms with Crippen molar-refractivity contribution in [2.24, 2.45) is 0 Å². The molecule has 1 fully saturated rings. The van der Waals surface area contributed by atoms with Crippen molar-refractivity contribution in [3.63, 3.8) is 0 Å². The third kappa shape index (κ3) is 3.03. The largest absolute Gasteiger partial charge is 0.454 e. The summed E-state index contributed by atoms with van der Waals surface area (Å²) in [6.45, 7) is -0.218. The molecule has 0 aliphatic carbocycles. The highest BCUT2D eigenvalue weighted by Crippen LogP contribution is 2.35. The van der Waals surface area contributed by atoms with Crippen LogP contribution in [0.4, 0.5) is 0 Å². The fraction of sp³-hybridized carbons (Fsp3) is 0.571. The number of hydrogen-bond donors (Lipinski definition) is 4. The number of rotatable bonds is 4. The Morgan fingerprint density at radius 3 is 2.59 bits per heavy atom. The van der Waals surface area contributed by atoms with E-state index in [2.05, 4.69) is 0 Å². The molecule has 22 heavy (non-hydrogen) atoms. The molecule has 1 aromatic rings. The molecule has 2 heterocycles. The van der Waals surface area contributed by atoms with Crippen molar-refractivity contribution in [2.45, 2.75) is 35.6 Å². The average Bonchev–Trinajstić information content (AvgIpc) is 2.99. The topological polar surface area (TPSA) is 109 Å². The van der Waals surface area contributed by atoms with E-state index in [9.17, 15) is 15.3 Å². The minimum Gasteiger partial charge on any atom is -0.454 e. The van der Waals surface area contributed by atoms with Crippen LogP contribution in [0, 0.1) is 0 Å². The summed E-state index contributed by atoms with van der Waals surface area (Å²) >= 11 is 1.28. The number of thioether (sulfide) groups is 1. The second kappa shape index (κ2) is 6.61. The van der Waals surface area contributed by atoms with Crippen molar-refractivity contribution in [3.8, 4) is 11.5 Å². The van der Waals surface area contributed by atoms with Crippen LogP contribution in [0.15, 0.2) is 18.2 Å². The van der Waals surface area contributed by atoms with Crippen LogP contribution in [-0.4, -0.2) is 63.7 Å². The summed E-state index contributed by atoms with van der Waals surface area (Å²) in [5.41, 5.74) is 0.215. The van der Waals surface area contributed by atoms with E-state index < -0.39 is 36.5 Å². The molecule has 2 aliphatic rings. The lowest BCUT2D eigenvalue weighted by Gasteiger charge is -2.39. The first-order chi connectivity index (χ1) is 10.6. The quantitative estimate of drug-likeness (QED) is 0.582. The Morgan fingerprint density at radius 1 is 1.05 bits per heavy atom. The van der Waals surface area contributed by atoms with Gasteiger partial charge in [-0.15, -0.1) is 11.8 Å². The van der Waals surface area contributed by atoms with E-state index >= 15 is 0 Å². The van der Waals surface area contributed by atoms with Gasteiger partial charge in [0.05, 0.1) is 6.61 Å². The van der Waals surface area contributed by atoms with Gasteiger partial charge in [0.1, 0.15) is 29.9 Å². The highest BCUT2D eigenvalue weighted by Gasteiger charge is 2.43. The number of benzene rings is 1. The zero-order valence-electron chi connectivity index (χ0n) is 11.7. The molecule has 0 unspecified atom stereocenters.